The summed E-state index contributed by atoms with van der Waals surface area (Å²) in [6, 6.07) is 35.9. The quantitative estimate of drug-likeness (QED) is 0.0525. The number of ether oxygens (including phenoxy) is 4. The highest BCUT2D eigenvalue weighted by Crippen LogP contribution is 2.45. The Kier molecular flexibility index (Phi) is 19.4. The number of hydrogen-bond donors (Lipinski definition) is 0. The maximum absolute atomic E-state index is 11.5. The highest BCUT2D eigenvalue weighted by Gasteiger charge is 2.52. The number of rotatable bonds is 21. The van der Waals surface area contributed by atoms with E-state index in [-0.39, 0.29) is 58.9 Å². The van der Waals surface area contributed by atoms with Crippen molar-refractivity contribution in [3.05, 3.63) is 147 Å². The molecule has 8 rings (SSSR count). The Morgan fingerprint density at radius 2 is 0.962 bits per heavy atom. The number of cyclic esters (lactones) is 2. The first-order valence-electron chi connectivity index (χ1n) is 29.6. The van der Waals surface area contributed by atoms with E-state index in [2.05, 4.69) is 214 Å². The van der Waals surface area contributed by atoms with E-state index in [4.69, 9.17) is 32.7 Å². The van der Waals surface area contributed by atoms with Gasteiger partial charge in [0.1, 0.15) is 36.9 Å². The smallest absolute Gasteiger partial charge is 0.489 e. The maximum atomic E-state index is 11.5. The SMILES string of the molecule is CCC(CC)(O[Si](C)(C)C)c1cccc(-c2ccc(C(CC)(CC)c3ccc(OC[C@H]4CCC(=O)O4)c(C)c3)cc2C)c1.CCC(CC)(c1ccc(OC[C@H]2CCC(=O)O2)c(C)c1)c1ccc(B2OC(C)(C)C(C)(C)O2)c(C)c1. The zero-order chi connectivity index (χ0) is 57.7. The van der Waals surface area contributed by atoms with E-state index in [9.17, 15) is 9.59 Å². The van der Waals surface area contributed by atoms with Crippen LogP contribution in [0.1, 0.15) is 184 Å². The number of esters is 2. The molecule has 0 aromatic heterocycles. The van der Waals surface area contributed by atoms with E-state index >= 15 is 0 Å². The Hall–Kier alpha value is -5.20. The molecule has 0 amide bonds. The molecule has 426 valence electrons. The summed E-state index contributed by atoms with van der Waals surface area (Å²) in [6.45, 7) is 38.2. The van der Waals surface area contributed by atoms with Crippen LogP contribution in [0.25, 0.3) is 11.1 Å². The van der Waals surface area contributed by atoms with Gasteiger partial charge in [-0.1, -0.05) is 126 Å². The van der Waals surface area contributed by atoms with Crippen molar-refractivity contribution in [1.82, 2.24) is 0 Å². The minimum Gasteiger partial charge on any atom is -0.489 e. The Bertz CT molecular complexity index is 2910. The zero-order valence-corrected chi connectivity index (χ0v) is 52.1. The largest absolute Gasteiger partial charge is 0.495 e. The monoisotopic (exact) mass is 1090 g/mol. The van der Waals surface area contributed by atoms with E-state index < -0.39 is 8.32 Å². The fraction of sp³-hybridized carbons (Fsp3) is 0.529. The first-order valence-corrected chi connectivity index (χ1v) is 33.0. The molecule has 5 aromatic carbocycles. The summed E-state index contributed by atoms with van der Waals surface area (Å²) in [4.78, 5) is 22.8. The zero-order valence-electron chi connectivity index (χ0n) is 51.1. The van der Waals surface area contributed by atoms with Crippen LogP contribution >= 0.6 is 0 Å². The number of hydrogen-bond acceptors (Lipinski definition) is 9. The summed E-state index contributed by atoms with van der Waals surface area (Å²) in [5.74, 6) is 1.44. The lowest BCUT2D eigenvalue weighted by Crippen LogP contribution is -2.41. The molecule has 3 aliphatic heterocycles. The van der Waals surface area contributed by atoms with Gasteiger partial charge in [0, 0.05) is 23.7 Å². The van der Waals surface area contributed by atoms with Gasteiger partial charge in [-0.3, -0.25) is 9.59 Å². The highest BCUT2D eigenvalue weighted by molar-refractivity contribution is 6.69. The van der Waals surface area contributed by atoms with E-state index in [0.717, 1.165) is 79.5 Å². The number of carbonyl (C=O) groups is 2. The van der Waals surface area contributed by atoms with Crippen LogP contribution in [0.15, 0.2) is 97.1 Å². The topological polar surface area (TPSA) is 98.8 Å². The van der Waals surface area contributed by atoms with Crippen molar-refractivity contribution < 1.29 is 42.3 Å². The van der Waals surface area contributed by atoms with E-state index in [1.165, 1.54) is 50.1 Å². The predicted octanol–water partition coefficient (Wildman–Crippen LogP) is 15.8. The van der Waals surface area contributed by atoms with Crippen molar-refractivity contribution in [3.63, 3.8) is 0 Å². The van der Waals surface area contributed by atoms with Crippen molar-refractivity contribution in [2.75, 3.05) is 13.2 Å². The molecular formula is C68H93BO9Si. The third kappa shape index (κ3) is 13.3. The maximum Gasteiger partial charge on any atom is 0.495 e. The van der Waals surface area contributed by atoms with Crippen LogP contribution in [-0.4, -0.2) is 64.0 Å². The summed E-state index contributed by atoms with van der Waals surface area (Å²) in [5.41, 5.74) is 13.6. The molecule has 79 heavy (non-hydrogen) atoms. The molecule has 0 N–H and O–H groups in total. The predicted molar refractivity (Wildman–Crippen MR) is 325 cm³/mol. The lowest BCUT2D eigenvalue weighted by molar-refractivity contribution is -0.143. The van der Waals surface area contributed by atoms with E-state index in [1.54, 1.807) is 0 Å². The summed E-state index contributed by atoms with van der Waals surface area (Å²) < 4.78 is 42.2. The second-order valence-corrected chi connectivity index (χ2v) is 29.1. The van der Waals surface area contributed by atoms with E-state index in [0.29, 0.717) is 26.1 Å². The van der Waals surface area contributed by atoms with Crippen molar-refractivity contribution >= 4 is 32.8 Å². The minimum atomic E-state index is -1.74. The first kappa shape index (κ1) is 61.4. The second-order valence-electron chi connectivity index (χ2n) is 24.6. The fourth-order valence-electron chi connectivity index (χ4n) is 12.4. The minimum absolute atomic E-state index is 0.0971. The lowest BCUT2D eigenvalue weighted by Gasteiger charge is -2.39. The summed E-state index contributed by atoms with van der Waals surface area (Å²) in [6.07, 6.45) is 8.01. The molecule has 11 heteroatoms. The molecule has 0 saturated carbocycles. The lowest BCUT2D eigenvalue weighted by atomic mass is 9.68. The van der Waals surface area contributed by atoms with Crippen LogP contribution in [0, 0.1) is 27.7 Å². The molecule has 0 bridgehead atoms. The number of aryl methyl sites for hydroxylation is 4. The second kappa shape index (κ2) is 24.9. The van der Waals surface area contributed by atoms with Gasteiger partial charge in [0.2, 0.25) is 0 Å². The van der Waals surface area contributed by atoms with Gasteiger partial charge in [0.05, 0.1) is 16.8 Å². The summed E-state index contributed by atoms with van der Waals surface area (Å²) >= 11 is 0. The molecule has 2 atom stereocenters. The summed E-state index contributed by atoms with van der Waals surface area (Å²) in [5, 5.41) is 0. The molecule has 0 aliphatic carbocycles. The molecule has 3 fully saturated rings. The van der Waals surface area contributed by atoms with Crippen LogP contribution < -0.4 is 14.9 Å². The van der Waals surface area contributed by atoms with Crippen LogP contribution in [0.5, 0.6) is 11.5 Å². The van der Waals surface area contributed by atoms with Crippen molar-refractivity contribution in [1.29, 1.82) is 0 Å². The average molecular weight is 1090 g/mol. The highest BCUT2D eigenvalue weighted by atomic mass is 28.4. The Morgan fingerprint density at radius 1 is 0.532 bits per heavy atom. The molecule has 9 nitrogen and oxygen atoms in total. The van der Waals surface area contributed by atoms with Gasteiger partial charge in [0.25, 0.3) is 0 Å². The molecule has 3 saturated heterocycles. The van der Waals surface area contributed by atoms with Crippen LogP contribution in [0.3, 0.4) is 0 Å². The van der Waals surface area contributed by atoms with Crippen molar-refractivity contribution in [2.24, 2.45) is 0 Å². The number of carbonyl (C=O) groups excluding carboxylic acids is 2. The normalized spacial score (nSPS) is 18.3. The van der Waals surface area contributed by atoms with Crippen molar-refractivity contribution in [2.45, 2.75) is 221 Å². The van der Waals surface area contributed by atoms with Crippen LogP contribution in [-0.2, 0) is 49.2 Å². The van der Waals surface area contributed by atoms with E-state index in [1.807, 2.05) is 0 Å². The van der Waals surface area contributed by atoms with Crippen LogP contribution in [0.2, 0.25) is 19.6 Å². The average Bonchev–Trinajstić information content (AvgIpc) is 4.23. The Morgan fingerprint density at radius 3 is 1.34 bits per heavy atom. The van der Waals surface area contributed by atoms with Gasteiger partial charge < -0.3 is 32.7 Å². The van der Waals surface area contributed by atoms with Gasteiger partial charge in [-0.2, -0.15) is 0 Å². The molecule has 0 radical (unpaired) electrons. The molecular weight excluding hydrogens is 1000 g/mol. The van der Waals surface area contributed by atoms with Gasteiger partial charge in [-0.05, 0) is 206 Å². The van der Waals surface area contributed by atoms with Crippen molar-refractivity contribution in [3.8, 4) is 22.6 Å². The molecule has 0 spiro atoms. The number of benzene rings is 5. The molecule has 5 aromatic rings. The van der Waals surface area contributed by atoms with Gasteiger partial charge in [0.15, 0.2) is 8.32 Å². The van der Waals surface area contributed by atoms with Gasteiger partial charge in [-0.25, -0.2) is 0 Å². The van der Waals surface area contributed by atoms with Gasteiger partial charge >= 0.3 is 19.1 Å². The third-order valence-electron chi connectivity index (χ3n) is 18.1. The molecule has 0 unspecified atom stereocenters. The summed E-state index contributed by atoms with van der Waals surface area (Å²) in [7, 11) is -2.10. The standard InChI is InChI=1S/C38H52O4Si.C30H41BO5/c1-10-37(11-2,31-18-21-35(28(6)24-31)40-26-33-19-22-36(39)41-33)30-17-20-34(27(5)23-30)29-15-14-16-32(25-29)38(12-3,13-4)42-43(7,8)9;1-9-30(10-2,23-12-15-26(21(4)18-23)33-19-24-13-16-27(32)34-24)22-11-14-25(20(3)17-22)31-35-28(5,6)29(7,8)36-31/h14-18,20-21,23-25,33H,10-13,19,22,26H2,1-9H3;11-12,14-15,17-18,24H,9-10,13,16,19H2,1-8H3/t33-;24-/m11/s1. The fourth-order valence-corrected chi connectivity index (χ4v) is 13.9. The van der Waals surface area contributed by atoms with Crippen LogP contribution in [0.4, 0.5) is 0 Å². The first-order chi connectivity index (χ1) is 37.3. The molecule has 3 heterocycles. The Balaban J connectivity index is 0.000000232. The third-order valence-corrected chi connectivity index (χ3v) is 19.1. The molecule has 3 aliphatic rings. The van der Waals surface area contributed by atoms with Gasteiger partial charge in [-0.15, -0.1) is 0 Å². The Labute approximate surface area is 476 Å².